The van der Waals surface area contributed by atoms with E-state index in [-0.39, 0.29) is 23.0 Å². The van der Waals surface area contributed by atoms with Crippen LogP contribution in [0.1, 0.15) is 45.6 Å². The molecule has 11 heteroatoms. The molecule has 0 radical (unpaired) electrons. The minimum atomic E-state index is -4.18. The zero-order valence-corrected chi connectivity index (χ0v) is 27.2. The van der Waals surface area contributed by atoms with Gasteiger partial charge in [-0.3, -0.25) is 13.9 Å². The van der Waals surface area contributed by atoms with Crippen LogP contribution in [-0.2, 0) is 26.2 Å². The van der Waals surface area contributed by atoms with Gasteiger partial charge in [-0.2, -0.15) is 0 Å². The highest BCUT2D eigenvalue weighted by Gasteiger charge is 2.34. The van der Waals surface area contributed by atoms with Gasteiger partial charge >= 0.3 is 0 Å². The summed E-state index contributed by atoms with van der Waals surface area (Å²) in [6.45, 7) is 6.14. The van der Waals surface area contributed by atoms with E-state index in [2.05, 4.69) is 21.2 Å². The van der Waals surface area contributed by atoms with Crippen molar-refractivity contribution in [2.24, 2.45) is 0 Å². The van der Waals surface area contributed by atoms with Crippen LogP contribution in [0.4, 0.5) is 5.69 Å². The first kappa shape index (κ1) is 33.4. The number of carbonyl (C=O) groups excluding carboxylic acids is 2. The lowest BCUT2D eigenvalue weighted by Gasteiger charge is -2.33. The van der Waals surface area contributed by atoms with Crippen LogP contribution in [0.2, 0.25) is 5.02 Å². The maximum Gasteiger partial charge on any atom is 0.264 e. The molecule has 42 heavy (non-hydrogen) atoms. The number of unbranched alkanes of at least 4 members (excludes halogenated alkanes) is 1. The third-order valence-corrected chi connectivity index (χ3v) is 9.32. The fourth-order valence-electron chi connectivity index (χ4n) is 4.37. The van der Waals surface area contributed by atoms with Gasteiger partial charge in [0.1, 0.15) is 18.3 Å². The van der Waals surface area contributed by atoms with Crippen molar-refractivity contribution in [2.75, 3.05) is 24.0 Å². The minimum absolute atomic E-state index is 0.0226. The van der Waals surface area contributed by atoms with E-state index >= 15 is 0 Å². The Morgan fingerprint density at radius 2 is 1.64 bits per heavy atom. The standard InChI is InChI=1S/C31H37BrClN3O5S/c1-4-7-20-34-31(38)29(5-2)35(21-23-10-8-9-11-28(23)33)30(37)22-36(25-14-16-26(17-15-25)41-6-3)42(39,40)27-18-12-24(32)13-19-27/h8-19,29H,4-7,20-22H2,1-3H3,(H,34,38)/t29-/m1/s1. The number of hydrogen-bond acceptors (Lipinski definition) is 5. The molecular weight excluding hydrogens is 642 g/mol. The summed E-state index contributed by atoms with van der Waals surface area (Å²) >= 11 is 9.79. The molecule has 0 aliphatic heterocycles. The molecular formula is C31H37BrClN3O5S. The van der Waals surface area contributed by atoms with Crippen molar-refractivity contribution in [3.05, 3.63) is 87.9 Å². The van der Waals surface area contributed by atoms with Gasteiger partial charge in [0.15, 0.2) is 0 Å². The van der Waals surface area contributed by atoms with Gasteiger partial charge in [0.25, 0.3) is 10.0 Å². The van der Waals surface area contributed by atoms with E-state index in [0.29, 0.717) is 35.9 Å². The fourth-order valence-corrected chi connectivity index (χ4v) is 6.25. The predicted molar refractivity (Wildman–Crippen MR) is 170 cm³/mol. The average Bonchev–Trinajstić information content (AvgIpc) is 2.97. The molecule has 3 aromatic carbocycles. The first-order valence-corrected chi connectivity index (χ1v) is 16.5. The van der Waals surface area contributed by atoms with Gasteiger partial charge in [-0.25, -0.2) is 8.42 Å². The van der Waals surface area contributed by atoms with Crippen molar-refractivity contribution in [1.29, 1.82) is 0 Å². The quantitative estimate of drug-likeness (QED) is 0.187. The van der Waals surface area contributed by atoms with E-state index in [9.17, 15) is 18.0 Å². The predicted octanol–water partition coefficient (Wildman–Crippen LogP) is 6.42. The van der Waals surface area contributed by atoms with Gasteiger partial charge in [-0.05, 0) is 79.9 Å². The van der Waals surface area contributed by atoms with Crippen molar-refractivity contribution in [2.45, 2.75) is 57.5 Å². The van der Waals surface area contributed by atoms with E-state index in [0.717, 1.165) is 21.6 Å². The van der Waals surface area contributed by atoms with Gasteiger partial charge in [-0.15, -0.1) is 0 Å². The molecule has 0 unspecified atom stereocenters. The summed E-state index contributed by atoms with van der Waals surface area (Å²) < 4.78 is 35.3. The van der Waals surface area contributed by atoms with Crippen molar-refractivity contribution in [3.8, 4) is 5.75 Å². The van der Waals surface area contributed by atoms with Crippen LogP contribution in [-0.4, -0.2) is 50.9 Å². The zero-order chi connectivity index (χ0) is 30.7. The molecule has 8 nitrogen and oxygen atoms in total. The van der Waals surface area contributed by atoms with Gasteiger partial charge < -0.3 is 15.0 Å². The number of ether oxygens (including phenoxy) is 1. The summed E-state index contributed by atoms with van der Waals surface area (Å²) in [4.78, 5) is 28.9. The maximum atomic E-state index is 14.1. The second-order valence-electron chi connectivity index (χ2n) is 9.57. The number of benzene rings is 3. The first-order valence-electron chi connectivity index (χ1n) is 13.9. The Hall–Kier alpha value is -3.08. The normalized spacial score (nSPS) is 11.9. The Balaban J connectivity index is 2.05. The van der Waals surface area contributed by atoms with Gasteiger partial charge in [0.2, 0.25) is 11.8 Å². The van der Waals surface area contributed by atoms with Crippen LogP contribution in [0, 0.1) is 0 Å². The largest absolute Gasteiger partial charge is 0.494 e. The van der Waals surface area contributed by atoms with Crippen LogP contribution in [0.25, 0.3) is 0 Å². The summed E-state index contributed by atoms with van der Waals surface area (Å²) in [5.74, 6) is -0.263. The number of halogens is 2. The summed E-state index contributed by atoms with van der Waals surface area (Å²) in [7, 11) is -4.18. The Morgan fingerprint density at radius 3 is 2.24 bits per heavy atom. The topological polar surface area (TPSA) is 96.0 Å². The molecule has 1 N–H and O–H groups in total. The van der Waals surface area contributed by atoms with Crippen molar-refractivity contribution >= 4 is 55.1 Å². The van der Waals surface area contributed by atoms with Crippen molar-refractivity contribution in [3.63, 3.8) is 0 Å². The molecule has 1 atom stereocenters. The number of nitrogens with zero attached hydrogens (tertiary/aromatic N) is 2. The molecule has 0 saturated heterocycles. The second-order valence-corrected chi connectivity index (χ2v) is 12.8. The van der Waals surface area contributed by atoms with Crippen LogP contribution in [0.15, 0.2) is 82.2 Å². The van der Waals surface area contributed by atoms with Crippen LogP contribution >= 0.6 is 27.5 Å². The summed E-state index contributed by atoms with van der Waals surface area (Å²) in [5.41, 5.74) is 0.934. The SMILES string of the molecule is CCCCNC(=O)[C@@H](CC)N(Cc1ccccc1Cl)C(=O)CN(c1ccc(OCC)cc1)S(=O)(=O)c1ccc(Br)cc1. The minimum Gasteiger partial charge on any atom is -0.494 e. The molecule has 0 bridgehead atoms. The molecule has 0 aromatic heterocycles. The number of sulfonamides is 1. The smallest absolute Gasteiger partial charge is 0.264 e. The number of hydrogen-bond donors (Lipinski definition) is 1. The van der Waals surface area contributed by atoms with E-state index in [4.69, 9.17) is 16.3 Å². The van der Waals surface area contributed by atoms with Gasteiger partial charge in [-0.1, -0.05) is 66.0 Å². The zero-order valence-electron chi connectivity index (χ0n) is 24.1. The molecule has 0 aliphatic carbocycles. The lowest BCUT2D eigenvalue weighted by Crippen LogP contribution is -2.52. The third-order valence-electron chi connectivity index (χ3n) is 6.63. The average molecular weight is 679 g/mol. The molecule has 3 rings (SSSR count). The first-order chi connectivity index (χ1) is 20.1. The number of carbonyl (C=O) groups is 2. The number of anilines is 1. The fraction of sp³-hybridized carbons (Fsp3) is 0.355. The lowest BCUT2D eigenvalue weighted by atomic mass is 10.1. The monoisotopic (exact) mass is 677 g/mol. The third kappa shape index (κ3) is 8.72. The molecule has 2 amide bonds. The van der Waals surface area contributed by atoms with Crippen LogP contribution in [0.3, 0.4) is 0 Å². The van der Waals surface area contributed by atoms with E-state index < -0.39 is 28.5 Å². The highest BCUT2D eigenvalue weighted by atomic mass is 79.9. The summed E-state index contributed by atoms with van der Waals surface area (Å²) in [6, 6.07) is 19.0. The Labute approximate surface area is 262 Å². The molecule has 226 valence electrons. The number of rotatable bonds is 15. The van der Waals surface area contributed by atoms with Gasteiger partial charge in [0, 0.05) is 22.6 Å². The van der Waals surface area contributed by atoms with Crippen LogP contribution in [0.5, 0.6) is 5.75 Å². The number of amides is 2. The van der Waals surface area contributed by atoms with Gasteiger partial charge in [0.05, 0.1) is 17.2 Å². The van der Waals surface area contributed by atoms with E-state index in [1.54, 1.807) is 60.7 Å². The number of nitrogens with one attached hydrogen (secondary N) is 1. The Kier molecular flexibility index (Phi) is 12.7. The van der Waals surface area contributed by atoms with Crippen molar-refractivity contribution < 1.29 is 22.7 Å². The van der Waals surface area contributed by atoms with Crippen LogP contribution < -0.4 is 14.4 Å². The highest BCUT2D eigenvalue weighted by molar-refractivity contribution is 9.10. The Morgan fingerprint density at radius 1 is 0.976 bits per heavy atom. The highest BCUT2D eigenvalue weighted by Crippen LogP contribution is 2.28. The lowest BCUT2D eigenvalue weighted by molar-refractivity contribution is -0.140. The van der Waals surface area contributed by atoms with Crippen molar-refractivity contribution in [1.82, 2.24) is 10.2 Å². The molecule has 0 aliphatic rings. The van der Waals surface area contributed by atoms with E-state index in [1.807, 2.05) is 20.8 Å². The maximum absolute atomic E-state index is 14.1. The summed E-state index contributed by atoms with van der Waals surface area (Å²) in [5, 5.41) is 3.37. The second kappa shape index (κ2) is 16.0. The van der Waals surface area contributed by atoms with E-state index in [1.165, 1.54) is 17.0 Å². The molecule has 3 aromatic rings. The summed E-state index contributed by atoms with van der Waals surface area (Å²) in [6.07, 6.45) is 2.04. The molecule has 0 spiro atoms. The molecule has 0 saturated carbocycles. The molecule has 0 heterocycles. The molecule has 0 fully saturated rings. The Bertz CT molecular complexity index is 1440.